The van der Waals surface area contributed by atoms with Gasteiger partial charge in [0.2, 0.25) is 5.91 Å². The molecule has 1 fully saturated rings. The molecule has 12 heteroatoms. The number of hydrogen-bond donors (Lipinski definition) is 2. The van der Waals surface area contributed by atoms with Gasteiger partial charge in [-0.05, 0) is 30.3 Å². The number of alkyl halides is 3. The van der Waals surface area contributed by atoms with Crippen molar-refractivity contribution in [2.75, 3.05) is 43.9 Å². The van der Waals surface area contributed by atoms with E-state index in [1.807, 2.05) is 43.1 Å². The van der Waals surface area contributed by atoms with Gasteiger partial charge < -0.3 is 5.32 Å². The van der Waals surface area contributed by atoms with E-state index in [-0.39, 0.29) is 22.1 Å². The molecule has 2 amide bonds. The second-order valence-corrected chi connectivity index (χ2v) is 14.5. The minimum absolute atomic E-state index is 0.0758. The number of cyclic esters (lactones) is 1. The van der Waals surface area contributed by atoms with Gasteiger partial charge in [0.15, 0.2) is 0 Å². The fourth-order valence-electron chi connectivity index (χ4n) is 3.61. The molecular formula is C25H29IN8O3. The third-order valence-electron chi connectivity index (χ3n) is 5.70. The van der Waals surface area contributed by atoms with Gasteiger partial charge in [-0.3, -0.25) is 4.79 Å². The van der Waals surface area contributed by atoms with Crippen molar-refractivity contribution in [3.8, 4) is 0 Å². The Hall–Kier alpha value is -3.81. The van der Waals surface area contributed by atoms with E-state index in [0.717, 1.165) is 11.4 Å². The quantitative estimate of drug-likeness (QED) is 0.156. The van der Waals surface area contributed by atoms with Gasteiger partial charge in [-0.1, -0.05) is 6.58 Å². The minimum atomic E-state index is -1.35. The molecule has 2 N–H and O–H groups in total. The number of carbonyl (C=O) groups excluding carboxylic acids is 2. The number of rotatable bonds is 9. The molecule has 3 aromatic rings. The standard InChI is InChI=1S/C25H29IN8O3/c1-6-22(35)31-17-7-9-18(10-8-17)33(5)19-13-28-23(29-14-19)16(2)30-24-27-12-11-21(32-24)34-20(26(3)4)15-37-25(34)36/h6-14,16,20H,1,15H2,2-5H3,(H,31,35)(H,27,30,32)/t16?,20-/m1/s1. The molecule has 194 valence electrons. The first kappa shape index (κ1) is 26.3. The molecule has 1 unspecified atom stereocenters. The first-order valence-corrected chi connectivity index (χ1v) is 17.0. The second kappa shape index (κ2) is 11.5. The molecule has 0 radical (unpaired) electrons. The van der Waals surface area contributed by atoms with E-state index >= 15 is 0 Å². The minimum Gasteiger partial charge on any atom is -0.0365 e. The largest absolute Gasteiger partial charge is 0.0365 e. The summed E-state index contributed by atoms with van der Waals surface area (Å²) in [6.45, 7) is 5.78. The number of halogens is 1. The van der Waals surface area contributed by atoms with E-state index in [0.29, 0.717) is 29.9 Å². The van der Waals surface area contributed by atoms with Gasteiger partial charge in [0, 0.05) is 18.4 Å². The molecule has 0 spiro atoms. The van der Waals surface area contributed by atoms with Crippen LogP contribution in [-0.4, -0.2) is 59.5 Å². The maximum Gasteiger partial charge on any atom is -0.0364 e. The van der Waals surface area contributed by atoms with Gasteiger partial charge in [0.1, 0.15) is 0 Å². The molecule has 4 rings (SSSR count). The van der Waals surface area contributed by atoms with Crippen LogP contribution < -0.4 is 20.4 Å². The van der Waals surface area contributed by atoms with Crippen LogP contribution in [0.1, 0.15) is 18.8 Å². The maximum absolute atomic E-state index is 12.3. The van der Waals surface area contributed by atoms with E-state index in [4.69, 9.17) is 4.74 Å². The zero-order chi connectivity index (χ0) is 26.5. The van der Waals surface area contributed by atoms with Crippen molar-refractivity contribution in [3.63, 3.8) is 0 Å². The van der Waals surface area contributed by atoms with Crippen LogP contribution in [0.2, 0.25) is 0 Å². The van der Waals surface area contributed by atoms with Crippen LogP contribution in [-0.2, 0) is 9.53 Å². The predicted molar refractivity (Wildman–Crippen MR) is 153 cm³/mol. The molecule has 2 aromatic heterocycles. The number of amides is 2. The average molecular weight is 616 g/mol. The molecule has 1 aliphatic rings. The Balaban J connectivity index is 1.42. The monoisotopic (exact) mass is 616 g/mol. The number of nitrogens with one attached hydrogen (secondary N) is 2. The van der Waals surface area contributed by atoms with Crippen molar-refractivity contribution in [3.05, 3.63) is 67.4 Å². The summed E-state index contributed by atoms with van der Waals surface area (Å²) in [7, 11) is 1.91. The van der Waals surface area contributed by atoms with E-state index in [2.05, 4.69) is 47.0 Å². The Kier molecular flexibility index (Phi) is 8.16. The zero-order valence-electron chi connectivity index (χ0n) is 21.1. The number of nitrogens with zero attached hydrogens (tertiary/aromatic N) is 6. The van der Waals surface area contributed by atoms with Gasteiger partial charge in [0.05, 0.1) is 0 Å². The molecule has 1 aromatic carbocycles. The summed E-state index contributed by atoms with van der Waals surface area (Å²) >= 11 is -1.35. The average Bonchev–Trinajstić information content (AvgIpc) is 3.30. The van der Waals surface area contributed by atoms with Crippen molar-refractivity contribution >= 4 is 60.6 Å². The Morgan fingerprint density at radius 2 is 1.89 bits per heavy atom. The Labute approximate surface area is 222 Å². The number of carbonyl (C=O) groups is 2. The van der Waals surface area contributed by atoms with Crippen LogP contribution in [0.4, 0.5) is 33.6 Å². The molecule has 0 bridgehead atoms. The van der Waals surface area contributed by atoms with Crippen LogP contribution in [0.3, 0.4) is 0 Å². The molecule has 11 nitrogen and oxygen atoms in total. The SMILES string of the molecule is C=CC(=O)Nc1ccc(N(C)c2cnc(C(C)Nc3nccc(N4C(=O)OC[C@@H]4I(C)C)n3)nc2)cc1. The second-order valence-electron chi connectivity index (χ2n) is 8.40. The van der Waals surface area contributed by atoms with Crippen LogP contribution in [0.25, 0.3) is 0 Å². The smallest absolute Gasteiger partial charge is 0.0364 e. The van der Waals surface area contributed by atoms with Crippen molar-refractivity contribution in [2.45, 2.75) is 17.0 Å². The summed E-state index contributed by atoms with van der Waals surface area (Å²) in [6.07, 6.45) is 5.96. The first-order valence-electron chi connectivity index (χ1n) is 11.4. The van der Waals surface area contributed by atoms with Crippen LogP contribution in [0, 0.1) is 0 Å². The van der Waals surface area contributed by atoms with Crippen LogP contribution in [0.5, 0.6) is 0 Å². The molecular weight excluding hydrogens is 587 g/mol. The summed E-state index contributed by atoms with van der Waals surface area (Å²) in [5.41, 5.74) is 2.39. The number of benzene rings is 1. The number of ether oxygens (including phenoxy) is 1. The Morgan fingerprint density at radius 3 is 2.54 bits per heavy atom. The van der Waals surface area contributed by atoms with E-state index in [1.54, 1.807) is 29.6 Å². The van der Waals surface area contributed by atoms with Crippen LogP contribution in [0.15, 0.2) is 61.6 Å². The fourth-order valence-corrected chi connectivity index (χ4v) is 6.13. The third kappa shape index (κ3) is 6.13. The number of anilines is 5. The van der Waals surface area contributed by atoms with Gasteiger partial charge in [-0.15, -0.1) is 0 Å². The molecule has 0 saturated carbocycles. The first-order chi connectivity index (χ1) is 17.8. The summed E-state index contributed by atoms with van der Waals surface area (Å²) in [5.74, 6) is 1.22. The van der Waals surface area contributed by atoms with Crippen molar-refractivity contribution < 1.29 is 14.3 Å². The molecule has 1 saturated heterocycles. The number of hydrogen-bond acceptors (Lipinski definition) is 9. The third-order valence-corrected chi connectivity index (χ3v) is 9.49. The number of aromatic nitrogens is 4. The normalized spacial score (nSPS) is 16.0. The van der Waals surface area contributed by atoms with E-state index in [9.17, 15) is 9.59 Å². The van der Waals surface area contributed by atoms with E-state index < -0.39 is 19.8 Å². The van der Waals surface area contributed by atoms with Crippen molar-refractivity contribution in [1.82, 2.24) is 19.9 Å². The van der Waals surface area contributed by atoms with E-state index in [1.165, 1.54) is 6.08 Å². The van der Waals surface area contributed by atoms with Gasteiger partial charge in [-0.2, -0.15) is 0 Å². The molecule has 2 atom stereocenters. The molecule has 37 heavy (non-hydrogen) atoms. The van der Waals surface area contributed by atoms with Crippen LogP contribution >= 0.6 is 19.8 Å². The fraction of sp³-hybridized carbons (Fsp3) is 0.280. The predicted octanol–water partition coefficient (Wildman–Crippen LogP) is 4.38. The molecule has 1 aliphatic heterocycles. The van der Waals surface area contributed by atoms with Gasteiger partial charge in [0.25, 0.3) is 0 Å². The zero-order valence-corrected chi connectivity index (χ0v) is 23.2. The van der Waals surface area contributed by atoms with Crippen molar-refractivity contribution in [2.24, 2.45) is 0 Å². The Bertz CT molecular complexity index is 1270. The molecule has 0 aliphatic carbocycles. The summed E-state index contributed by atoms with van der Waals surface area (Å²) in [6, 6.07) is 8.86. The summed E-state index contributed by atoms with van der Waals surface area (Å²) in [4.78, 5) is 49.6. The Morgan fingerprint density at radius 1 is 1.19 bits per heavy atom. The molecule has 3 heterocycles. The summed E-state index contributed by atoms with van der Waals surface area (Å²) in [5, 5.41) is 5.94. The maximum atomic E-state index is 12.3. The van der Waals surface area contributed by atoms with Gasteiger partial charge >= 0.3 is 152 Å². The van der Waals surface area contributed by atoms with Gasteiger partial charge in [-0.25, -0.2) is 0 Å². The summed E-state index contributed by atoms with van der Waals surface area (Å²) < 4.78 is 5.35. The van der Waals surface area contributed by atoms with Crippen molar-refractivity contribution in [1.29, 1.82) is 0 Å². The topological polar surface area (TPSA) is 125 Å².